The number of halogens is 1. The third-order valence-electron chi connectivity index (χ3n) is 3.47. The van der Waals surface area contributed by atoms with E-state index >= 15 is 0 Å². The van der Waals surface area contributed by atoms with Crippen LogP contribution >= 0.6 is 0 Å². The first-order valence-corrected chi connectivity index (χ1v) is 7.83. The van der Waals surface area contributed by atoms with Gasteiger partial charge in [0.25, 0.3) is 0 Å². The van der Waals surface area contributed by atoms with E-state index in [1.54, 1.807) is 36.4 Å². The van der Waals surface area contributed by atoms with E-state index < -0.39 is 0 Å². The second-order valence-electron chi connectivity index (χ2n) is 5.49. The molecule has 0 aliphatic carbocycles. The summed E-state index contributed by atoms with van der Waals surface area (Å²) in [6.45, 7) is 0.285. The van der Waals surface area contributed by atoms with Crippen molar-refractivity contribution in [3.63, 3.8) is 0 Å². The molecule has 25 heavy (non-hydrogen) atoms. The zero-order chi connectivity index (χ0) is 18.1. The van der Waals surface area contributed by atoms with Crippen LogP contribution in [-0.4, -0.2) is 11.8 Å². The Balaban J connectivity index is 1.85. The highest BCUT2D eigenvalue weighted by atomic mass is 19.1. The molecule has 0 spiro atoms. The predicted molar refractivity (Wildman–Crippen MR) is 91.9 cm³/mol. The lowest BCUT2D eigenvalue weighted by atomic mass is 10.1. The first-order chi connectivity index (χ1) is 12.1. The Morgan fingerprint density at radius 1 is 1.04 bits per heavy atom. The van der Waals surface area contributed by atoms with E-state index in [2.05, 4.69) is 10.6 Å². The Kier molecular flexibility index (Phi) is 6.66. The highest BCUT2D eigenvalue weighted by Crippen LogP contribution is 2.12. The second kappa shape index (κ2) is 9.18. The molecule has 6 heteroatoms. The molecule has 2 rings (SSSR count). The molecule has 5 nitrogen and oxygen atoms in total. The minimum Gasteiger partial charge on any atom is -0.351 e. The summed E-state index contributed by atoms with van der Waals surface area (Å²) in [5, 5.41) is 13.9. The van der Waals surface area contributed by atoms with Gasteiger partial charge in [0.05, 0.1) is 6.07 Å². The number of hydrogen-bond donors (Lipinski definition) is 2. The van der Waals surface area contributed by atoms with Crippen LogP contribution in [0.1, 0.15) is 24.0 Å². The molecule has 0 aliphatic heterocycles. The fraction of sp³-hybridized carbons (Fsp3) is 0.211. The summed E-state index contributed by atoms with van der Waals surface area (Å²) in [4.78, 5) is 23.3. The van der Waals surface area contributed by atoms with Crippen LogP contribution < -0.4 is 10.6 Å². The van der Waals surface area contributed by atoms with Crippen molar-refractivity contribution >= 4 is 17.5 Å². The fourth-order valence-corrected chi connectivity index (χ4v) is 2.27. The van der Waals surface area contributed by atoms with Gasteiger partial charge in [-0.3, -0.25) is 9.59 Å². The molecule has 0 aromatic heterocycles. The zero-order valence-corrected chi connectivity index (χ0v) is 13.6. The number of nitrogens with zero attached hydrogens (tertiary/aromatic N) is 1. The number of benzene rings is 2. The van der Waals surface area contributed by atoms with E-state index in [-0.39, 0.29) is 37.0 Å². The lowest BCUT2D eigenvalue weighted by Crippen LogP contribution is -2.22. The minimum atomic E-state index is -0.341. The fourth-order valence-electron chi connectivity index (χ4n) is 2.27. The SMILES string of the molecule is N#CCC(=O)NCc1cccc(NC(=O)CCc2cccc(F)c2)c1. The monoisotopic (exact) mass is 339 g/mol. The number of anilines is 1. The zero-order valence-electron chi connectivity index (χ0n) is 13.6. The van der Waals surface area contributed by atoms with Gasteiger partial charge < -0.3 is 10.6 Å². The number of rotatable bonds is 7. The quantitative estimate of drug-likeness (QED) is 0.814. The van der Waals surface area contributed by atoms with Crippen molar-refractivity contribution in [3.8, 4) is 6.07 Å². The van der Waals surface area contributed by atoms with Crippen molar-refractivity contribution in [1.29, 1.82) is 5.26 Å². The molecule has 0 bridgehead atoms. The van der Waals surface area contributed by atoms with Crippen molar-refractivity contribution in [3.05, 3.63) is 65.5 Å². The summed E-state index contributed by atoms with van der Waals surface area (Å²) in [7, 11) is 0. The first-order valence-electron chi connectivity index (χ1n) is 7.83. The number of carbonyl (C=O) groups is 2. The van der Waals surface area contributed by atoms with E-state index in [1.165, 1.54) is 12.1 Å². The molecule has 2 aromatic rings. The summed E-state index contributed by atoms with van der Waals surface area (Å²) in [6.07, 6.45) is 0.511. The van der Waals surface area contributed by atoms with Crippen LogP contribution in [0.25, 0.3) is 0 Å². The molecule has 128 valence electrons. The number of nitrogens with one attached hydrogen (secondary N) is 2. The smallest absolute Gasteiger partial charge is 0.234 e. The molecule has 0 radical (unpaired) electrons. The predicted octanol–water partition coefficient (Wildman–Crippen LogP) is 2.93. The van der Waals surface area contributed by atoms with Crippen LogP contribution in [-0.2, 0) is 22.6 Å². The van der Waals surface area contributed by atoms with E-state index in [1.807, 2.05) is 6.07 Å². The van der Waals surface area contributed by atoms with Gasteiger partial charge in [-0.05, 0) is 41.8 Å². The third-order valence-corrected chi connectivity index (χ3v) is 3.47. The van der Waals surface area contributed by atoms with Crippen LogP contribution in [0, 0.1) is 17.1 Å². The van der Waals surface area contributed by atoms with Gasteiger partial charge in [0.15, 0.2) is 0 Å². The molecule has 0 saturated carbocycles. The van der Waals surface area contributed by atoms with Crippen molar-refractivity contribution in [1.82, 2.24) is 5.32 Å². The molecule has 0 fully saturated rings. The van der Waals surface area contributed by atoms with Crippen molar-refractivity contribution in [2.75, 3.05) is 5.32 Å². The van der Waals surface area contributed by atoms with Crippen LogP contribution in [0.3, 0.4) is 0 Å². The molecular formula is C19H18FN3O2. The highest BCUT2D eigenvalue weighted by molar-refractivity contribution is 5.90. The molecule has 0 saturated heterocycles. The van der Waals surface area contributed by atoms with Gasteiger partial charge in [0, 0.05) is 18.7 Å². The molecular weight excluding hydrogens is 321 g/mol. The summed E-state index contributed by atoms with van der Waals surface area (Å²) in [6, 6.07) is 15.0. The van der Waals surface area contributed by atoms with E-state index in [4.69, 9.17) is 5.26 Å². The average Bonchev–Trinajstić information content (AvgIpc) is 2.59. The lowest BCUT2D eigenvalue weighted by molar-refractivity contribution is -0.120. The maximum Gasteiger partial charge on any atom is 0.234 e. The van der Waals surface area contributed by atoms with Crippen molar-refractivity contribution < 1.29 is 14.0 Å². The van der Waals surface area contributed by atoms with Gasteiger partial charge >= 0.3 is 0 Å². The molecule has 2 N–H and O–H groups in total. The molecule has 2 aromatic carbocycles. The van der Waals surface area contributed by atoms with Gasteiger partial charge in [-0.1, -0.05) is 24.3 Å². The van der Waals surface area contributed by atoms with Gasteiger partial charge in [-0.2, -0.15) is 5.26 Å². The summed E-state index contributed by atoms with van der Waals surface area (Å²) in [5.74, 6) is -0.828. The van der Waals surface area contributed by atoms with Gasteiger partial charge in [-0.15, -0.1) is 0 Å². The van der Waals surface area contributed by atoms with Crippen molar-refractivity contribution in [2.45, 2.75) is 25.8 Å². The van der Waals surface area contributed by atoms with E-state index in [9.17, 15) is 14.0 Å². The largest absolute Gasteiger partial charge is 0.351 e. The molecule has 0 unspecified atom stereocenters. The average molecular weight is 339 g/mol. The van der Waals surface area contributed by atoms with Crippen LogP contribution in [0.15, 0.2) is 48.5 Å². The summed E-state index contributed by atoms with van der Waals surface area (Å²) in [5.41, 5.74) is 2.20. The highest BCUT2D eigenvalue weighted by Gasteiger charge is 2.05. The minimum absolute atomic E-state index is 0.171. The maximum absolute atomic E-state index is 13.1. The Morgan fingerprint density at radius 2 is 1.80 bits per heavy atom. The maximum atomic E-state index is 13.1. The number of carbonyl (C=O) groups excluding carboxylic acids is 2. The molecule has 0 heterocycles. The first kappa shape index (κ1) is 18.1. The molecule has 0 aliphatic rings. The van der Waals surface area contributed by atoms with Gasteiger partial charge in [-0.25, -0.2) is 4.39 Å². The number of hydrogen-bond acceptors (Lipinski definition) is 3. The summed E-state index contributed by atoms with van der Waals surface area (Å²) < 4.78 is 13.1. The van der Waals surface area contributed by atoms with Crippen LogP contribution in [0.5, 0.6) is 0 Å². The normalized spacial score (nSPS) is 9.92. The summed E-state index contributed by atoms with van der Waals surface area (Å²) >= 11 is 0. The van der Waals surface area contributed by atoms with E-state index in [0.29, 0.717) is 12.1 Å². The third kappa shape index (κ3) is 6.43. The van der Waals surface area contributed by atoms with Gasteiger partial charge in [0.1, 0.15) is 12.2 Å². The second-order valence-corrected chi connectivity index (χ2v) is 5.49. The standard InChI is InChI=1S/C19H18FN3O2/c20-16-5-1-3-14(11-16)7-8-19(25)23-17-6-2-4-15(12-17)13-22-18(24)9-10-21/h1-6,11-12H,7-9,13H2,(H,22,24)(H,23,25). The number of nitriles is 1. The Bertz CT molecular complexity index is 799. The van der Waals surface area contributed by atoms with E-state index in [0.717, 1.165) is 11.1 Å². The Labute approximate surface area is 145 Å². The Hall–Kier alpha value is -3.20. The molecule has 2 amide bonds. The van der Waals surface area contributed by atoms with Crippen molar-refractivity contribution in [2.24, 2.45) is 0 Å². The van der Waals surface area contributed by atoms with Crippen LogP contribution in [0.4, 0.5) is 10.1 Å². The van der Waals surface area contributed by atoms with Gasteiger partial charge in [0.2, 0.25) is 11.8 Å². The number of amides is 2. The van der Waals surface area contributed by atoms with Crippen LogP contribution in [0.2, 0.25) is 0 Å². The lowest BCUT2D eigenvalue weighted by Gasteiger charge is -2.08. The number of aryl methyl sites for hydroxylation is 1. The topological polar surface area (TPSA) is 82.0 Å². The molecule has 0 atom stereocenters. The Morgan fingerprint density at radius 3 is 2.56 bits per heavy atom.